The van der Waals surface area contributed by atoms with Gasteiger partial charge in [0.15, 0.2) is 0 Å². The van der Waals surface area contributed by atoms with Gasteiger partial charge in [-0.1, -0.05) is 135 Å². The molecule has 2 aliphatic rings. The summed E-state index contributed by atoms with van der Waals surface area (Å²) in [5.41, 5.74) is 12.7. The summed E-state index contributed by atoms with van der Waals surface area (Å²) in [6.45, 7) is 4.73. The second-order valence-electron chi connectivity index (χ2n) is 12.5. The lowest BCUT2D eigenvalue weighted by atomic mass is 9.82. The highest BCUT2D eigenvalue weighted by Gasteiger charge is 2.44. The minimum atomic E-state index is -0.0648. The van der Waals surface area contributed by atoms with Crippen molar-refractivity contribution in [1.82, 2.24) is 9.99 Å². The van der Waals surface area contributed by atoms with E-state index in [-0.39, 0.29) is 11.6 Å². The Kier molecular flexibility index (Phi) is 5.31. The van der Waals surface area contributed by atoms with Gasteiger partial charge in [0, 0.05) is 21.8 Å². The third kappa shape index (κ3) is 3.47. The average Bonchev–Trinajstić information content (AvgIpc) is 3.50. The van der Waals surface area contributed by atoms with Crippen LogP contribution in [-0.4, -0.2) is 15.2 Å². The van der Waals surface area contributed by atoms with Gasteiger partial charge in [0.2, 0.25) is 0 Å². The zero-order valence-electron chi connectivity index (χ0n) is 24.8. The van der Waals surface area contributed by atoms with Gasteiger partial charge in [-0.05, 0) is 57.6 Å². The summed E-state index contributed by atoms with van der Waals surface area (Å²) in [7, 11) is 0. The highest BCUT2D eigenvalue weighted by Crippen LogP contribution is 2.53. The van der Waals surface area contributed by atoms with Gasteiger partial charge in [0.25, 0.3) is 6.17 Å². The minimum Gasteiger partial charge on any atom is -0.226 e. The van der Waals surface area contributed by atoms with Crippen molar-refractivity contribution >= 4 is 27.6 Å². The van der Waals surface area contributed by atoms with E-state index in [0.29, 0.717) is 0 Å². The van der Waals surface area contributed by atoms with E-state index in [1.54, 1.807) is 0 Å². The minimum absolute atomic E-state index is 0.0115. The molecule has 44 heavy (non-hydrogen) atoms. The second-order valence-corrected chi connectivity index (χ2v) is 12.5. The summed E-state index contributed by atoms with van der Waals surface area (Å²) in [5.74, 6) is 1.10. The molecule has 1 aliphatic carbocycles. The lowest BCUT2D eigenvalue weighted by Gasteiger charge is -2.30. The van der Waals surface area contributed by atoms with Crippen molar-refractivity contribution in [1.29, 1.82) is 0 Å². The Morgan fingerprint density at radius 3 is 2.00 bits per heavy atom. The Balaban J connectivity index is 1.42. The SMILES string of the molecule is CC1(C)c2ccccc2-c2c1ccc1c2c2ccc(-c3ccccc3)cc2n1[N+]1=C(c2ccccc2)NC1c1ccccc1. The lowest BCUT2D eigenvalue weighted by Crippen LogP contribution is -2.55. The number of fused-ring (bicyclic) bond motifs is 7. The molecule has 0 radical (unpaired) electrons. The molecule has 3 heteroatoms. The van der Waals surface area contributed by atoms with Gasteiger partial charge in [0.1, 0.15) is 0 Å². The van der Waals surface area contributed by atoms with Crippen molar-refractivity contribution in [3.63, 3.8) is 0 Å². The summed E-state index contributed by atoms with van der Waals surface area (Å²) in [6.07, 6.45) is -0.0115. The third-order valence-corrected chi connectivity index (χ3v) is 9.68. The van der Waals surface area contributed by atoms with E-state index in [4.69, 9.17) is 0 Å². The van der Waals surface area contributed by atoms with Crippen molar-refractivity contribution < 1.29 is 4.68 Å². The molecule has 3 nitrogen and oxygen atoms in total. The molecule has 1 N–H and O–H groups in total. The quantitative estimate of drug-likeness (QED) is 0.211. The molecule has 7 aromatic rings. The summed E-state index contributed by atoms with van der Waals surface area (Å²) in [5, 5.41) is 6.42. The van der Waals surface area contributed by atoms with E-state index in [1.807, 2.05) is 0 Å². The van der Waals surface area contributed by atoms with E-state index in [0.717, 1.165) is 5.84 Å². The van der Waals surface area contributed by atoms with Crippen LogP contribution in [0.3, 0.4) is 0 Å². The van der Waals surface area contributed by atoms with E-state index in [2.05, 4.69) is 174 Å². The normalized spacial score (nSPS) is 16.5. The maximum Gasteiger partial charge on any atom is 0.308 e. The van der Waals surface area contributed by atoms with Crippen LogP contribution in [0, 0.1) is 0 Å². The van der Waals surface area contributed by atoms with Gasteiger partial charge >= 0.3 is 5.84 Å². The first-order valence-electron chi connectivity index (χ1n) is 15.4. The van der Waals surface area contributed by atoms with Crippen LogP contribution in [0.1, 0.15) is 42.3 Å². The van der Waals surface area contributed by atoms with Crippen molar-refractivity contribution in [2.45, 2.75) is 25.4 Å². The number of hydrogen-bond acceptors (Lipinski definition) is 1. The van der Waals surface area contributed by atoms with Gasteiger partial charge < -0.3 is 0 Å². The Hall–Kier alpha value is -5.41. The summed E-state index contributed by atoms with van der Waals surface area (Å²) in [6, 6.07) is 52.9. The van der Waals surface area contributed by atoms with Gasteiger partial charge in [-0.2, -0.15) is 4.68 Å². The standard InChI is InChI=1S/C41H31N3/c1-41(2)33-21-13-12-20-31(33)37-34(41)24-25-35-38(37)32-23-22-30(27-14-6-3-7-15-27)26-36(32)43(35)44-39(28-16-8-4-9-17-28)42-40(44)29-18-10-5-11-19-29/h3-26,39H,1-2H3/p+1. The molecular weight excluding hydrogens is 534 g/mol. The van der Waals surface area contributed by atoms with Gasteiger partial charge in [-0.3, -0.25) is 0 Å². The van der Waals surface area contributed by atoms with Crippen LogP contribution in [-0.2, 0) is 5.41 Å². The average molecular weight is 567 g/mol. The van der Waals surface area contributed by atoms with Crippen LogP contribution in [0.15, 0.2) is 146 Å². The lowest BCUT2D eigenvalue weighted by molar-refractivity contribution is -0.652. The van der Waals surface area contributed by atoms with E-state index >= 15 is 0 Å². The molecule has 9 rings (SSSR count). The topological polar surface area (TPSA) is 20.0 Å². The Morgan fingerprint density at radius 2 is 1.25 bits per heavy atom. The molecule has 2 heterocycles. The fourth-order valence-corrected chi connectivity index (χ4v) is 7.53. The molecule has 0 spiro atoms. The summed E-state index contributed by atoms with van der Waals surface area (Å²) in [4.78, 5) is 0. The largest absolute Gasteiger partial charge is 0.308 e. The maximum absolute atomic E-state index is 3.83. The second kappa shape index (κ2) is 9.29. The van der Waals surface area contributed by atoms with Crippen LogP contribution in [0.4, 0.5) is 0 Å². The predicted molar refractivity (Wildman–Crippen MR) is 181 cm³/mol. The van der Waals surface area contributed by atoms with Crippen LogP contribution in [0.5, 0.6) is 0 Å². The first kappa shape index (κ1) is 25.1. The molecule has 1 aromatic heterocycles. The summed E-state index contributed by atoms with van der Waals surface area (Å²) >= 11 is 0. The molecule has 1 atom stereocenters. The Morgan fingerprint density at radius 1 is 0.591 bits per heavy atom. The molecular formula is C41H32N3+. The molecule has 1 unspecified atom stereocenters. The Labute approximate surface area is 257 Å². The number of aromatic nitrogens is 1. The molecule has 0 bridgehead atoms. The number of hydrogen-bond donors (Lipinski definition) is 1. The Bertz CT molecular complexity index is 2260. The van der Waals surface area contributed by atoms with E-state index < -0.39 is 0 Å². The summed E-state index contributed by atoms with van der Waals surface area (Å²) < 4.78 is 4.93. The zero-order valence-corrected chi connectivity index (χ0v) is 24.8. The number of rotatable bonds is 4. The van der Waals surface area contributed by atoms with Gasteiger partial charge in [-0.25, -0.2) is 5.32 Å². The fourth-order valence-electron chi connectivity index (χ4n) is 7.53. The van der Waals surface area contributed by atoms with Gasteiger partial charge in [-0.15, -0.1) is 4.68 Å². The molecule has 1 aliphatic heterocycles. The molecule has 0 saturated heterocycles. The molecule has 210 valence electrons. The van der Waals surface area contributed by atoms with Crippen LogP contribution in [0.2, 0.25) is 0 Å². The van der Waals surface area contributed by atoms with Crippen LogP contribution >= 0.6 is 0 Å². The van der Waals surface area contributed by atoms with Crippen LogP contribution in [0.25, 0.3) is 44.1 Å². The number of nitrogens with zero attached hydrogens (tertiary/aromatic N) is 2. The first-order valence-corrected chi connectivity index (χ1v) is 15.4. The van der Waals surface area contributed by atoms with Crippen molar-refractivity contribution in [2.75, 3.05) is 0 Å². The number of benzene rings is 6. The molecule has 0 saturated carbocycles. The molecule has 0 amide bonds. The van der Waals surface area contributed by atoms with Crippen LogP contribution < -0.4 is 5.32 Å². The van der Waals surface area contributed by atoms with E-state index in [1.165, 1.54) is 66.3 Å². The number of amidine groups is 1. The highest BCUT2D eigenvalue weighted by molar-refractivity contribution is 6.17. The highest BCUT2D eigenvalue weighted by atomic mass is 15.6. The molecule has 6 aromatic carbocycles. The first-order chi connectivity index (χ1) is 21.6. The van der Waals surface area contributed by atoms with Crippen molar-refractivity contribution in [3.8, 4) is 22.3 Å². The third-order valence-electron chi connectivity index (χ3n) is 9.68. The fraction of sp³-hybridized carbons (Fsp3) is 0.0976. The zero-order chi connectivity index (χ0) is 29.4. The monoisotopic (exact) mass is 566 g/mol. The number of nitrogens with one attached hydrogen (secondary N) is 1. The smallest absolute Gasteiger partial charge is 0.226 e. The van der Waals surface area contributed by atoms with E-state index in [9.17, 15) is 0 Å². The maximum atomic E-state index is 3.83. The van der Waals surface area contributed by atoms with Crippen molar-refractivity contribution in [2.24, 2.45) is 0 Å². The van der Waals surface area contributed by atoms with Gasteiger partial charge in [0.05, 0.1) is 16.6 Å². The predicted octanol–water partition coefficient (Wildman–Crippen LogP) is 9.29. The van der Waals surface area contributed by atoms with Crippen molar-refractivity contribution in [3.05, 3.63) is 168 Å². The molecule has 0 fully saturated rings.